The molecule has 0 atom stereocenters. The van der Waals surface area contributed by atoms with Crippen LogP contribution in [0, 0.1) is 0 Å². The van der Waals surface area contributed by atoms with Crippen molar-refractivity contribution < 1.29 is 23.1 Å². The molecule has 0 aliphatic rings. The second kappa shape index (κ2) is 7.50. The van der Waals surface area contributed by atoms with Crippen LogP contribution in [0.5, 0.6) is 0 Å². The van der Waals surface area contributed by atoms with E-state index in [-0.39, 0.29) is 12.8 Å². The quantitative estimate of drug-likeness (QED) is 0.625. The summed E-state index contributed by atoms with van der Waals surface area (Å²) in [6.07, 6.45) is -3.42. The van der Waals surface area contributed by atoms with Gasteiger partial charge in [-0.3, -0.25) is 4.79 Å². The van der Waals surface area contributed by atoms with E-state index < -0.39 is 18.6 Å². The molecule has 90 valence electrons. The predicted octanol–water partition coefficient (Wildman–Crippen LogP) is 2.17. The molecule has 0 bridgehead atoms. The molecule has 0 saturated heterocycles. The molecule has 0 saturated carbocycles. The van der Waals surface area contributed by atoms with Gasteiger partial charge < -0.3 is 10.4 Å². The molecule has 0 aliphatic carbocycles. The Morgan fingerprint density at radius 1 is 1.13 bits per heavy atom. The average Bonchev–Trinajstić information content (AvgIpc) is 2.07. The van der Waals surface area contributed by atoms with Gasteiger partial charge in [0, 0.05) is 12.8 Å². The number of rotatable bonds is 8. The van der Waals surface area contributed by atoms with E-state index in [2.05, 4.69) is 5.32 Å². The second-order valence-electron chi connectivity index (χ2n) is 3.32. The largest absolute Gasteiger partial charge is 0.481 e. The van der Waals surface area contributed by atoms with Gasteiger partial charge in [0.25, 0.3) is 0 Å². The van der Waals surface area contributed by atoms with Crippen LogP contribution in [0.25, 0.3) is 0 Å². The fourth-order valence-corrected chi connectivity index (χ4v) is 1.07. The maximum Gasteiger partial charge on any atom is 0.389 e. The third kappa shape index (κ3) is 13.2. The number of alkyl halides is 3. The average molecular weight is 227 g/mol. The Hall–Kier alpha value is -0.780. The molecular weight excluding hydrogens is 211 g/mol. The van der Waals surface area contributed by atoms with Gasteiger partial charge in [0.05, 0.1) is 0 Å². The standard InChI is InChI=1S/C9H16F3NO2/c10-9(11,12)5-3-7-13-6-2-1-4-8(14)15/h13H,1-7H2,(H,14,15). The Bertz CT molecular complexity index is 183. The summed E-state index contributed by atoms with van der Waals surface area (Å²) >= 11 is 0. The van der Waals surface area contributed by atoms with Gasteiger partial charge in [-0.05, 0) is 32.4 Å². The Balaban J connectivity index is 3.09. The summed E-state index contributed by atoms with van der Waals surface area (Å²) in [5.74, 6) is -0.841. The molecule has 6 heteroatoms. The Kier molecular flexibility index (Phi) is 7.11. The predicted molar refractivity (Wildman–Crippen MR) is 49.6 cm³/mol. The van der Waals surface area contributed by atoms with Gasteiger partial charge in [-0.2, -0.15) is 13.2 Å². The van der Waals surface area contributed by atoms with Crippen molar-refractivity contribution in [2.24, 2.45) is 0 Å². The summed E-state index contributed by atoms with van der Waals surface area (Å²) in [4.78, 5) is 10.1. The van der Waals surface area contributed by atoms with E-state index in [4.69, 9.17) is 5.11 Å². The Morgan fingerprint density at radius 2 is 1.73 bits per heavy atom. The smallest absolute Gasteiger partial charge is 0.389 e. The van der Waals surface area contributed by atoms with Crippen LogP contribution >= 0.6 is 0 Å². The van der Waals surface area contributed by atoms with Crippen molar-refractivity contribution in [3.8, 4) is 0 Å². The third-order valence-corrected chi connectivity index (χ3v) is 1.81. The maximum atomic E-state index is 11.7. The number of aliphatic carboxylic acids is 1. The summed E-state index contributed by atoms with van der Waals surface area (Å²) < 4.78 is 35.0. The lowest BCUT2D eigenvalue weighted by Gasteiger charge is -2.06. The van der Waals surface area contributed by atoms with Gasteiger partial charge in [-0.1, -0.05) is 0 Å². The van der Waals surface area contributed by atoms with Gasteiger partial charge in [-0.25, -0.2) is 0 Å². The molecule has 0 amide bonds. The third-order valence-electron chi connectivity index (χ3n) is 1.81. The highest BCUT2D eigenvalue weighted by atomic mass is 19.4. The minimum Gasteiger partial charge on any atom is -0.481 e. The van der Waals surface area contributed by atoms with Crippen LogP contribution in [0.3, 0.4) is 0 Å². The molecule has 0 aromatic carbocycles. The van der Waals surface area contributed by atoms with Crippen molar-refractivity contribution in [3.05, 3.63) is 0 Å². The maximum absolute atomic E-state index is 11.7. The molecule has 2 N–H and O–H groups in total. The van der Waals surface area contributed by atoms with E-state index in [0.717, 1.165) is 0 Å². The number of carboxylic acids is 1. The van der Waals surface area contributed by atoms with Crippen molar-refractivity contribution in [1.29, 1.82) is 0 Å². The number of nitrogens with one attached hydrogen (secondary N) is 1. The summed E-state index contributed by atoms with van der Waals surface area (Å²) in [5, 5.41) is 11.1. The van der Waals surface area contributed by atoms with Crippen molar-refractivity contribution in [2.75, 3.05) is 13.1 Å². The van der Waals surface area contributed by atoms with Crippen molar-refractivity contribution in [3.63, 3.8) is 0 Å². The first-order chi connectivity index (χ1) is 6.92. The number of carbonyl (C=O) groups is 1. The highest BCUT2D eigenvalue weighted by molar-refractivity contribution is 5.66. The molecule has 0 spiro atoms. The van der Waals surface area contributed by atoms with Crippen LogP contribution in [-0.4, -0.2) is 30.3 Å². The first kappa shape index (κ1) is 14.2. The van der Waals surface area contributed by atoms with Crippen molar-refractivity contribution in [2.45, 2.75) is 38.3 Å². The van der Waals surface area contributed by atoms with Gasteiger partial charge in [0.1, 0.15) is 0 Å². The number of carboxylic acid groups (broad SMARTS) is 1. The fraction of sp³-hybridized carbons (Fsp3) is 0.889. The Morgan fingerprint density at radius 3 is 2.27 bits per heavy atom. The first-order valence-electron chi connectivity index (χ1n) is 4.91. The number of hydrogen-bond donors (Lipinski definition) is 2. The molecule has 0 unspecified atom stereocenters. The lowest BCUT2D eigenvalue weighted by Crippen LogP contribution is -2.19. The van der Waals surface area contributed by atoms with E-state index in [0.29, 0.717) is 25.9 Å². The topological polar surface area (TPSA) is 49.3 Å². The van der Waals surface area contributed by atoms with Crippen LogP contribution in [0.4, 0.5) is 13.2 Å². The minimum atomic E-state index is -4.08. The van der Waals surface area contributed by atoms with Crippen LogP contribution in [-0.2, 0) is 4.79 Å². The highest BCUT2D eigenvalue weighted by Gasteiger charge is 2.25. The summed E-state index contributed by atoms with van der Waals surface area (Å²) in [5.41, 5.74) is 0. The highest BCUT2D eigenvalue weighted by Crippen LogP contribution is 2.20. The molecule has 0 aliphatic heterocycles. The molecule has 3 nitrogen and oxygen atoms in total. The monoisotopic (exact) mass is 227 g/mol. The Labute approximate surface area is 86.7 Å². The van der Waals surface area contributed by atoms with E-state index in [1.807, 2.05) is 0 Å². The molecule has 0 radical (unpaired) electrons. The fourth-order valence-electron chi connectivity index (χ4n) is 1.07. The van der Waals surface area contributed by atoms with E-state index in [9.17, 15) is 18.0 Å². The minimum absolute atomic E-state index is 0.0719. The number of halogens is 3. The molecule has 0 aromatic heterocycles. The van der Waals surface area contributed by atoms with Crippen molar-refractivity contribution in [1.82, 2.24) is 5.32 Å². The summed E-state index contributed by atoms with van der Waals surface area (Å²) in [6.45, 7) is 0.901. The van der Waals surface area contributed by atoms with E-state index in [1.165, 1.54) is 0 Å². The second-order valence-corrected chi connectivity index (χ2v) is 3.32. The van der Waals surface area contributed by atoms with Crippen molar-refractivity contribution >= 4 is 5.97 Å². The summed E-state index contributed by atoms with van der Waals surface area (Å²) in [7, 11) is 0. The molecule has 15 heavy (non-hydrogen) atoms. The van der Waals surface area contributed by atoms with E-state index in [1.54, 1.807) is 0 Å². The van der Waals surface area contributed by atoms with E-state index >= 15 is 0 Å². The SMILES string of the molecule is O=C(O)CCCCNCCCC(F)(F)F. The van der Waals surface area contributed by atoms with Crippen LogP contribution in [0.15, 0.2) is 0 Å². The van der Waals surface area contributed by atoms with Crippen LogP contribution < -0.4 is 5.32 Å². The summed E-state index contributed by atoms with van der Waals surface area (Å²) in [6, 6.07) is 0. The zero-order valence-corrected chi connectivity index (χ0v) is 8.44. The molecule has 0 rings (SSSR count). The zero-order chi connectivity index (χ0) is 11.7. The van der Waals surface area contributed by atoms with Gasteiger partial charge in [-0.15, -0.1) is 0 Å². The molecule has 0 heterocycles. The van der Waals surface area contributed by atoms with Crippen LogP contribution in [0.2, 0.25) is 0 Å². The lowest BCUT2D eigenvalue weighted by molar-refractivity contribution is -0.137. The van der Waals surface area contributed by atoms with Gasteiger partial charge in [0.15, 0.2) is 0 Å². The molecule has 0 aromatic rings. The normalized spacial score (nSPS) is 11.7. The zero-order valence-electron chi connectivity index (χ0n) is 8.44. The number of unbranched alkanes of at least 4 members (excludes halogenated alkanes) is 1. The first-order valence-corrected chi connectivity index (χ1v) is 4.91. The number of hydrogen-bond acceptors (Lipinski definition) is 2. The van der Waals surface area contributed by atoms with Gasteiger partial charge in [0.2, 0.25) is 0 Å². The molecular formula is C9H16F3NO2. The molecule has 0 fully saturated rings. The lowest BCUT2D eigenvalue weighted by atomic mass is 10.2. The van der Waals surface area contributed by atoms with Gasteiger partial charge >= 0.3 is 12.1 Å². The van der Waals surface area contributed by atoms with Crippen LogP contribution in [0.1, 0.15) is 32.1 Å².